The molecule has 0 aliphatic rings. The number of anilines is 1. The first-order valence-electron chi connectivity index (χ1n) is 8.74. The van der Waals surface area contributed by atoms with Gasteiger partial charge in [-0.05, 0) is 29.6 Å². The fourth-order valence-electron chi connectivity index (χ4n) is 3.38. The quantitative estimate of drug-likeness (QED) is 0.490. The van der Waals surface area contributed by atoms with E-state index in [-0.39, 0.29) is 5.91 Å². The standard InChI is InChI=1S/C21H13N5O2S/c1-28-17-9-8-15(25-21(27)16-7-4-10-29-16)19-12(11-22)18-20(26(17)19)24-14-6-3-2-5-13(14)23-18/h2-10H,1H3,(H,25,27). The summed E-state index contributed by atoms with van der Waals surface area (Å²) in [5.41, 5.74) is 3.68. The minimum atomic E-state index is -0.243. The number of hydrogen-bond donors (Lipinski definition) is 1. The van der Waals surface area contributed by atoms with Crippen molar-refractivity contribution in [1.82, 2.24) is 14.4 Å². The lowest BCUT2D eigenvalue weighted by Crippen LogP contribution is -2.11. The molecule has 0 aliphatic carbocycles. The number of pyridine rings is 1. The molecule has 0 radical (unpaired) electrons. The Kier molecular flexibility index (Phi) is 3.89. The van der Waals surface area contributed by atoms with Crippen molar-refractivity contribution in [2.75, 3.05) is 12.4 Å². The molecule has 8 heteroatoms. The summed E-state index contributed by atoms with van der Waals surface area (Å²) >= 11 is 1.35. The molecule has 4 aromatic heterocycles. The van der Waals surface area contributed by atoms with Crippen molar-refractivity contribution < 1.29 is 9.53 Å². The molecule has 5 rings (SSSR count). The van der Waals surface area contributed by atoms with Crippen molar-refractivity contribution >= 4 is 50.6 Å². The first-order valence-corrected chi connectivity index (χ1v) is 9.62. The second-order valence-electron chi connectivity index (χ2n) is 6.28. The number of carbonyl (C=O) groups is 1. The van der Waals surface area contributed by atoms with E-state index < -0.39 is 0 Å². The summed E-state index contributed by atoms with van der Waals surface area (Å²) in [6.45, 7) is 0. The maximum atomic E-state index is 12.6. The molecule has 5 aromatic rings. The third kappa shape index (κ3) is 2.60. The molecule has 0 atom stereocenters. The number of aromatic nitrogens is 3. The van der Waals surface area contributed by atoms with Gasteiger partial charge in [-0.2, -0.15) is 5.26 Å². The Bertz CT molecular complexity index is 1450. The van der Waals surface area contributed by atoms with Gasteiger partial charge >= 0.3 is 0 Å². The maximum Gasteiger partial charge on any atom is 0.265 e. The van der Waals surface area contributed by atoms with E-state index in [1.54, 1.807) is 29.7 Å². The van der Waals surface area contributed by atoms with Gasteiger partial charge in [0.15, 0.2) is 11.5 Å². The van der Waals surface area contributed by atoms with Crippen LogP contribution in [0.15, 0.2) is 53.9 Å². The largest absolute Gasteiger partial charge is 0.482 e. The molecule has 0 unspecified atom stereocenters. The Labute approximate surface area is 168 Å². The van der Waals surface area contributed by atoms with Crippen molar-refractivity contribution in [3.8, 4) is 11.9 Å². The SMILES string of the molecule is COc1ccc(NC(=O)c2cccs2)c2c(C#N)c3nc4ccccc4nc3n12. The van der Waals surface area contributed by atoms with Crippen LogP contribution in [0.25, 0.3) is 27.7 Å². The molecule has 140 valence electrons. The minimum absolute atomic E-state index is 0.243. The van der Waals surface area contributed by atoms with E-state index in [4.69, 9.17) is 9.72 Å². The maximum absolute atomic E-state index is 12.6. The molecule has 0 saturated carbocycles. The zero-order valence-electron chi connectivity index (χ0n) is 15.2. The lowest BCUT2D eigenvalue weighted by Gasteiger charge is -2.10. The van der Waals surface area contributed by atoms with E-state index in [9.17, 15) is 10.1 Å². The summed E-state index contributed by atoms with van der Waals surface area (Å²) in [4.78, 5) is 22.6. The number of methoxy groups -OCH3 is 1. The van der Waals surface area contributed by atoms with Gasteiger partial charge in [0.05, 0.1) is 34.2 Å². The van der Waals surface area contributed by atoms with Gasteiger partial charge in [0, 0.05) is 6.07 Å². The molecule has 0 spiro atoms. The van der Waals surface area contributed by atoms with Crippen LogP contribution < -0.4 is 10.1 Å². The van der Waals surface area contributed by atoms with Gasteiger partial charge in [0.2, 0.25) is 0 Å². The van der Waals surface area contributed by atoms with Gasteiger partial charge in [0.1, 0.15) is 17.1 Å². The van der Waals surface area contributed by atoms with Crippen molar-refractivity contribution in [3.05, 3.63) is 64.4 Å². The minimum Gasteiger partial charge on any atom is -0.482 e. The lowest BCUT2D eigenvalue weighted by molar-refractivity contribution is 0.103. The van der Waals surface area contributed by atoms with Gasteiger partial charge in [-0.1, -0.05) is 18.2 Å². The van der Waals surface area contributed by atoms with Crippen LogP contribution in [0.4, 0.5) is 5.69 Å². The second-order valence-corrected chi connectivity index (χ2v) is 7.22. The monoisotopic (exact) mass is 399 g/mol. The van der Waals surface area contributed by atoms with Crippen LogP contribution in [-0.4, -0.2) is 27.4 Å². The van der Waals surface area contributed by atoms with Crippen molar-refractivity contribution in [2.24, 2.45) is 0 Å². The number of ether oxygens (including phenoxy) is 1. The first kappa shape index (κ1) is 17.2. The Hall–Kier alpha value is -3.96. The van der Waals surface area contributed by atoms with E-state index in [0.29, 0.717) is 49.7 Å². The summed E-state index contributed by atoms with van der Waals surface area (Å²) in [5, 5.41) is 14.7. The number of nitrogens with one attached hydrogen (secondary N) is 1. The van der Waals surface area contributed by atoms with Crippen LogP contribution in [0.1, 0.15) is 15.2 Å². The molecule has 1 aromatic carbocycles. The summed E-state index contributed by atoms with van der Waals surface area (Å²) < 4.78 is 7.23. The fourth-order valence-corrected chi connectivity index (χ4v) is 4.00. The highest BCUT2D eigenvalue weighted by molar-refractivity contribution is 7.12. The third-order valence-corrected chi connectivity index (χ3v) is 5.51. The van der Waals surface area contributed by atoms with Crippen LogP contribution in [0.2, 0.25) is 0 Å². The summed E-state index contributed by atoms with van der Waals surface area (Å²) in [5.74, 6) is 0.248. The number of para-hydroxylation sites is 2. The Morgan fingerprint density at radius 1 is 1.14 bits per heavy atom. The smallest absolute Gasteiger partial charge is 0.265 e. The zero-order chi connectivity index (χ0) is 20.0. The van der Waals surface area contributed by atoms with E-state index in [1.165, 1.54) is 11.3 Å². The average Bonchev–Trinajstić information content (AvgIpc) is 3.39. The number of amides is 1. The molecule has 0 bridgehead atoms. The van der Waals surface area contributed by atoms with E-state index >= 15 is 0 Å². The van der Waals surface area contributed by atoms with Crippen molar-refractivity contribution in [3.63, 3.8) is 0 Å². The van der Waals surface area contributed by atoms with Gasteiger partial charge in [-0.15, -0.1) is 11.3 Å². The Morgan fingerprint density at radius 3 is 2.62 bits per heavy atom. The Morgan fingerprint density at radius 2 is 1.93 bits per heavy atom. The van der Waals surface area contributed by atoms with Crippen LogP contribution in [0.3, 0.4) is 0 Å². The number of thiophene rings is 1. The highest BCUT2D eigenvalue weighted by atomic mass is 32.1. The predicted molar refractivity (Wildman–Crippen MR) is 112 cm³/mol. The molecule has 29 heavy (non-hydrogen) atoms. The molecular formula is C21H13N5O2S. The number of rotatable bonds is 3. The van der Waals surface area contributed by atoms with Crippen LogP contribution in [0.5, 0.6) is 5.88 Å². The van der Waals surface area contributed by atoms with Crippen molar-refractivity contribution in [1.29, 1.82) is 5.26 Å². The molecule has 4 heterocycles. The second kappa shape index (κ2) is 6.58. The topological polar surface area (TPSA) is 92.3 Å². The molecule has 1 amide bonds. The molecule has 0 saturated heterocycles. The van der Waals surface area contributed by atoms with Crippen molar-refractivity contribution in [2.45, 2.75) is 0 Å². The van der Waals surface area contributed by atoms with Gasteiger partial charge in [-0.3, -0.25) is 9.20 Å². The summed E-state index contributed by atoms with van der Waals surface area (Å²) in [6.07, 6.45) is 0. The molecule has 1 N–H and O–H groups in total. The predicted octanol–water partition coefficient (Wildman–Crippen LogP) is 4.23. The summed E-state index contributed by atoms with van der Waals surface area (Å²) in [6, 6.07) is 16.7. The molecule has 0 fully saturated rings. The van der Waals surface area contributed by atoms with Gasteiger partial charge in [-0.25, -0.2) is 9.97 Å². The van der Waals surface area contributed by atoms with Crippen LogP contribution >= 0.6 is 11.3 Å². The number of nitrogens with zero attached hydrogens (tertiary/aromatic N) is 4. The lowest BCUT2D eigenvalue weighted by atomic mass is 10.2. The van der Waals surface area contributed by atoms with Gasteiger partial charge < -0.3 is 10.1 Å². The highest BCUT2D eigenvalue weighted by Gasteiger charge is 2.22. The van der Waals surface area contributed by atoms with Crippen LogP contribution in [-0.2, 0) is 0 Å². The third-order valence-electron chi connectivity index (χ3n) is 4.64. The number of hydrogen-bond acceptors (Lipinski definition) is 6. The molecule has 0 aliphatic heterocycles. The van der Waals surface area contributed by atoms with E-state index in [2.05, 4.69) is 16.4 Å². The van der Waals surface area contributed by atoms with E-state index in [0.717, 1.165) is 0 Å². The fraction of sp³-hybridized carbons (Fsp3) is 0.0476. The van der Waals surface area contributed by atoms with Gasteiger partial charge in [0.25, 0.3) is 5.91 Å². The van der Waals surface area contributed by atoms with E-state index in [1.807, 2.05) is 35.7 Å². The highest BCUT2D eigenvalue weighted by Crippen LogP contribution is 2.34. The first-order chi connectivity index (χ1) is 14.2. The average molecular weight is 399 g/mol. The molecule has 7 nitrogen and oxygen atoms in total. The zero-order valence-corrected chi connectivity index (χ0v) is 16.0. The normalized spacial score (nSPS) is 11.0. The van der Waals surface area contributed by atoms with Crippen LogP contribution in [0, 0.1) is 11.3 Å². The summed E-state index contributed by atoms with van der Waals surface area (Å²) in [7, 11) is 1.55. The number of benzene rings is 1. The number of fused-ring (bicyclic) bond motifs is 4. The Balaban J connectivity index is 1.85. The number of carbonyl (C=O) groups excluding carboxylic acids is 1. The number of nitriles is 1. The molecular weight excluding hydrogens is 386 g/mol.